The number of carbonyl (C=O) groups is 1. The van der Waals surface area contributed by atoms with Gasteiger partial charge < -0.3 is 10.4 Å². The van der Waals surface area contributed by atoms with Gasteiger partial charge in [0.1, 0.15) is 0 Å². The summed E-state index contributed by atoms with van der Waals surface area (Å²) in [6.07, 6.45) is 3.42. The molecule has 1 heterocycles. The van der Waals surface area contributed by atoms with Gasteiger partial charge in [0.15, 0.2) is 28.9 Å². The van der Waals surface area contributed by atoms with Crippen molar-refractivity contribution in [3.05, 3.63) is 70.5 Å². The number of halogens is 5. The average molecular weight is 480 g/mol. The van der Waals surface area contributed by atoms with Crippen molar-refractivity contribution < 1.29 is 31.9 Å². The van der Waals surface area contributed by atoms with Crippen molar-refractivity contribution in [3.63, 3.8) is 0 Å². The SMILES string of the molecule is O=C(NC1C2CN(Cc3c(F)c(F)c(F)c(F)c3F)CC21)C(O)(c1ccccc1)C1CCCC1. The predicted octanol–water partition coefficient (Wildman–Crippen LogP) is 4.01. The zero-order valence-corrected chi connectivity index (χ0v) is 18.3. The Morgan fingerprint density at radius 3 is 2.00 bits per heavy atom. The fourth-order valence-corrected chi connectivity index (χ4v) is 5.82. The lowest BCUT2D eigenvalue weighted by atomic mass is 9.79. The minimum Gasteiger partial charge on any atom is -0.375 e. The molecule has 3 fully saturated rings. The second-order valence-electron chi connectivity index (χ2n) is 9.68. The third-order valence-corrected chi connectivity index (χ3v) is 7.76. The number of carbonyl (C=O) groups excluding carboxylic acids is 1. The molecule has 2 aromatic carbocycles. The lowest BCUT2D eigenvalue weighted by Crippen LogP contribution is -2.50. The van der Waals surface area contributed by atoms with Crippen LogP contribution in [0.5, 0.6) is 0 Å². The van der Waals surface area contributed by atoms with Gasteiger partial charge in [0.05, 0.1) is 0 Å². The van der Waals surface area contributed by atoms with E-state index in [1.807, 2.05) is 6.07 Å². The van der Waals surface area contributed by atoms with E-state index in [0.717, 1.165) is 25.7 Å². The molecular weight excluding hydrogens is 455 g/mol. The Labute approximate surface area is 193 Å². The maximum absolute atomic E-state index is 14.0. The highest BCUT2D eigenvalue weighted by Crippen LogP contribution is 2.48. The van der Waals surface area contributed by atoms with Crippen molar-refractivity contribution in [1.82, 2.24) is 10.2 Å². The Morgan fingerprint density at radius 1 is 0.912 bits per heavy atom. The standard InChI is InChI=1S/C25H25F5N2O2/c26-18-17(19(27)21(29)22(30)20(18)28)12-32-10-15-16(11-32)23(15)31-24(33)25(34,14-8-4-5-9-14)13-6-2-1-3-7-13/h1-3,6-7,14-16,23,34H,4-5,8-12H2,(H,31,33). The van der Waals surface area contributed by atoms with Crippen molar-refractivity contribution in [2.24, 2.45) is 17.8 Å². The van der Waals surface area contributed by atoms with E-state index in [1.165, 1.54) is 0 Å². The third kappa shape index (κ3) is 3.69. The number of hydrogen-bond donors (Lipinski definition) is 2. The number of piperidine rings is 1. The summed E-state index contributed by atoms with van der Waals surface area (Å²) in [6.45, 7) is 0.292. The molecule has 2 N–H and O–H groups in total. The second-order valence-corrected chi connectivity index (χ2v) is 9.68. The smallest absolute Gasteiger partial charge is 0.257 e. The third-order valence-electron chi connectivity index (χ3n) is 7.76. The quantitative estimate of drug-likeness (QED) is 0.373. The summed E-state index contributed by atoms with van der Waals surface area (Å²) < 4.78 is 68.3. The normalized spacial score (nSPS) is 26.4. The molecule has 2 aliphatic carbocycles. The monoisotopic (exact) mass is 480 g/mol. The Balaban J connectivity index is 1.25. The largest absolute Gasteiger partial charge is 0.375 e. The van der Waals surface area contributed by atoms with Gasteiger partial charge in [0.25, 0.3) is 5.91 Å². The van der Waals surface area contributed by atoms with E-state index in [9.17, 15) is 31.9 Å². The molecule has 5 rings (SSSR count). The van der Waals surface area contributed by atoms with E-state index in [-0.39, 0.29) is 23.8 Å². The Kier molecular flexibility index (Phi) is 5.88. The van der Waals surface area contributed by atoms with Gasteiger partial charge in [-0.15, -0.1) is 0 Å². The van der Waals surface area contributed by atoms with Gasteiger partial charge in [-0.05, 0) is 30.2 Å². The molecular formula is C25H25F5N2O2. The molecule has 4 nitrogen and oxygen atoms in total. The Hall–Kier alpha value is -2.52. The molecule has 9 heteroatoms. The molecule has 0 radical (unpaired) electrons. The van der Waals surface area contributed by atoms with E-state index in [1.54, 1.807) is 29.2 Å². The summed E-state index contributed by atoms with van der Waals surface area (Å²) in [7, 11) is 0. The van der Waals surface area contributed by atoms with Crippen molar-refractivity contribution >= 4 is 5.91 Å². The molecule has 2 aromatic rings. The molecule has 182 valence electrons. The minimum absolute atomic E-state index is 0.00573. The summed E-state index contributed by atoms with van der Waals surface area (Å²) in [6, 6.07) is 8.68. The Bertz CT molecular complexity index is 1070. The molecule has 34 heavy (non-hydrogen) atoms. The molecule has 1 aliphatic heterocycles. The topological polar surface area (TPSA) is 52.6 Å². The van der Waals surface area contributed by atoms with Crippen LogP contribution < -0.4 is 5.32 Å². The second kappa shape index (κ2) is 8.61. The predicted molar refractivity (Wildman–Crippen MR) is 113 cm³/mol. The fraction of sp³-hybridized carbons (Fsp3) is 0.480. The van der Waals surface area contributed by atoms with Gasteiger partial charge >= 0.3 is 0 Å². The Morgan fingerprint density at radius 2 is 1.44 bits per heavy atom. The van der Waals surface area contributed by atoms with Crippen LogP contribution in [0.4, 0.5) is 22.0 Å². The van der Waals surface area contributed by atoms with E-state index in [0.29, 0.717) is 18.7 Å². The van der Waals surface area contributed by atoms with Crippen LogP contribution in [0.15, 0.2) is 30.3 Å². The number of aliphatic hydroxyl groups is 1. The number of amides is 1. The zero-order chi connectivity index (χ0) is 24.2. The lowest BCUT2D eigenvalue weighted by Gasteiger charge is -2.33. The van der Waals surface area contributed by atoms with Gasteiger partial charge in [0.2, 0.25) is 5.82 Å². The number of nitrogens with one attached hydrogen (secondary N) is 1. The molecule has 1 saturated heterocycles. The van der Waals surface area contributed by atoms with Crippen LogP contribution in [0.2, 0.25) is 0 Å². The van der Waals surface area contributed by atoms with Gasteiger partial charge in [0, 0.05) is 37.2 Å². The van der Waals surface area contributed by atoms with Crippen LogP contribution in [-0.4, -0.2) is 35.0 Å². The summed E-state index contributed by atoms with van der Waals surface area (Å²) in [5, 5.41) is 14.5. The molecule has 1 amide bonds. The molecule has 3 aliphatic rings. The maximum atomic E-state index is 14.0. The van der Waals surface area contributed by atoms with Crippen molar-refractivity contribution in [2.45, 2.75) is 43.9 Å². The molecule has 2 saturated carbocycles. The number of nitrogens with zero attached hydrogens (tertiary/aromatic N) is 1. The first-order valence-corrected chi connectivity index (χ1v) is 11.5. The van der Waals surface area contributed by atoms with Crippen LogP contribution in [0.1, 0.15) is 36.8 Å². The lowest BCUT2D eigenvalue weighted by molar-refractivity contribution is -0.147. The molecule has 0 aromatic heterocycles. The number of likely N-dealkylation sites (tertiary alicyclic amines) is 1. The number of hydrogen-bond acceptors (Lipinski definition) is 3. The van der Waals surface area contributed by atoms with Gasteiger partial charge in [-0.2, -0.15) is 0 Å². The molecule has 3 unspecified atom stereocenters. The molecule has 3 atom stereocenters. The van der Waals surface area contributed by atoms with Crippen LogP contribution in [-0.2, 0) is 16.9 Å². The summed E-state index contributed by atoms with van der Waals surface area (Å²) >= 11 is 0. The summed E-state index contributed by atoms with van der Waals surface area (Å²) in [4.78, 5) is 14.9. The highest BCUT2D eigenvalue weighted by molar-refractivity contribution is 5.87. The van der Waals surface area contributed by atoms with Crippen LogP contribution in [0.25, 0.3) is 0 Å². The van der Waals surface area contributed by atoms with Crippen molar-refractivity contribution in [2.75, 3.05) is 13.1 Å². The van der Waals surface area contributed by atoms with Crippen LogP contribution >= 0.6 is 0 Å². The average Bonchev–Trinajstić information content (AvgIpc) is 3.26. The number of benzene rings is 2. The number of fused-ring (bicyclic) bond motifs is 1. The highest BCUT2D eigenvalue weighted by atomic mass is 19.2. The van der Waals surface area contributed by atoms with E-state index in [2.05, 4.69) is 5.32 Å². The molecule has 0 spiro atoms. The first kappa shape index (κ1) is 23.2. The maximum Gasteiger partial charge on any atom is 0.257 e. The van der Waals surface area contributed by atoms with Crippen LogP contribution in [0, 0.1) is 46.8 Å². The van der Waals surface area contributed by atoms with E-state index in [4.69, 9.17) is 0 Å². The van der Waals surface area contributed by atoms with Crippen LogP contribution in [0.3, 0.4) is 0 Å². The fourth-order valence-electron chi connectivity index (χ4n) is 5.82. The zero-order valence-electron chi connectivity index (χ0n) is 18.3. The van der Waals surface area contributed by atoms with E-state index < -0.39 is 52.7 Å². The van der Waals surface area contributed by atoms with Gasteiger partial charge in [-0.3, -0.25) is 9.69 Å². The first-order chi connectivity index (χ1) is 16.2. The minimum atomic E-state index is -2.17. The summed E-state index contributed by atoms with van der Waals surface area (Å²) in [5.74, 6) is -10.3. The number of rotatable bonds is 6. The molecule has 0 bridgehead atoms. The van der Waals surface area contributed by atoms with Crippen molar-refractivity contribution in [3.8, 4) is 0 Å². The highest BCUT2D eigenvalue weighted by Gasteiger charge is 2.58. The first-order valence-electron chi connectivity index (χ1n) is 11.5. The van der Waals surface area contributed by atoms with Crippen molar-refractivity contribution in [1.29, 1.82) is 0 Å². The van der Waals surface area contributed by atoms with Gasteiger partial charge in [-0.25, -0.2) is 22.0 Å². The van der Waals surface area contributed by atoms with Gasteiger partial charge in [-0.1, -0.05) is 43.2 Å². The summed E-state index contributed by atoms with van der Waals surface area (Å²) in [5.41, 5.74) is -1.93. The van der Waals surface area contributed by atoms with E-state index >= 15 is 0 Å².